The van der Waals surface area contributed by atoms with Crippen LogP contribution in [0.5, 0.6) is 0 Å². The zero-order valence-electron chi connectivity index (χ0n) is 8.94. The van der Waals surface area contributed by atoms with E-state index in [0.29, 0.717) is 0 Å². The van der Waals surface area contributed by atoms with E-state index in [0.717, 1.165) is 45.4 Å². The Morgan fingerprint density at radius 1 is 1.36 bits per heavy atom. The van der Waals surface area contributed by atoms with Crippen molar-refractivity contribution in [2.45, 2.75) is 19.3 Å². The lowest BCUT2D eigenvalue weighted by atomic mass is 9.97. The first-order valence-corrected chi connectivity index (χ1v) is 5.47. The third kappa shape index (κ3) is 4.07. The second kappa shape index (κ2) is 6.79. The SMILES string of the molecule is CNCCCNC(=O)C1CCNCC1. The molecule has 0 saturated carbocycles. The van der Waals surface area contributed by atoms with Crippen LogP contribution in [0.2, 0.25) is 0 Å². The lowest BCUT2D eigenvalue weighted by molar-refractivity contribution is -0.125. The highest BCUT2D eigenvalue weighted by atomic mass is 16.1. The van der Waals surface area contributed by atoms with Crippen molar-refractivity contribution >= 4 is 5.91 Å². The Bertz CT molecular complexity index is 167. The topological polar surface area (TPSA) is 53.2 Å². The van der Waals surface area contributed by atoms with Gasteiger partial charge in [-0.1, -0.05) is 0 Å². The molecule has 1 fully saturated rings. The molecule has 1 saturated heterocycles. The van der Waals surface area contributed by atoms with Gasteiger partial charge in [-0.25, -0.2) is 0 Å². The van der Waals surface area contributed by atoms with E-state index < -0.39 is 0 Å². The molecule has 0 aromatic rings. The van der Waals surface area contributed by atoms with E-state index in [1.54, 1.807) is 0 Å². The van der Waals surface area contributed by atoms with Crippen molar-refractivity contribution in [3.05, 3.63) is 0 Å². The second-order valence-electron chi connectivity index (χ2n) is 3.77. The third-order valence-electron chi connectivity index (χ3n) is 2.61. The summed E-state index contributed by atoms with van der Waals surface area (Å²) in [7, 11) is 1.93. The Labute approximate surface area is 85.8 Å². The lowest BCUT2D eigenvalue weighted by Crippen LogP contribution is -2.38. The van der Waals surface area contributed by atoms with Crippen molar-refractivity contribution in [1.82, 2.24) is 16.0 Å². The number of carbonyl (C=O) groups excluding carboxylic acids is 1. The maximum Gasteiger partial charge on any atom is 0.223 e. The highest BCUT2D eigenvalue weighted by Crippen LogP contribution is 2.10. The molecule has 4 nitrogen and oxygen atoms in total. The Kier molecular flexibility index (Phi) is 5.56. The van der Waals surface area contributed by atoms with E-state index in [9.17, 15) is 4.79 Å². The lowest BCUT2D eigenvalue weighted by Gasteiger charge is -2.21. The molecule has 4 heteroatoms. The summed E-state index contributed by atoms with van der Waals surface area (Å²) in [5.74, 6) is 0.480. The zero-order valence-corrected chi connectivity index (χ0v) is 8.94. The van der Waals surface area contributed by atoms with Crippen LogP contribution in [0.3, 0.4) is 0 Å². The molecule has 1 amide bonds. The van der Waals surface area contributed by atoms with Gasteiger partial charge < -0.3 is 16.0 Å². The first kappa shape index (κ1) is 11.5. The Morgan fingerprint density at radius 3 is 2.71 bits per heavy atom. The summed E-state index contributed by atoms with van der Waals surface area (Å²) in [6.45, 7) is 3.72. The van der Waals surface area contributed by atoms with Crippen molar-refractivity contribution in [2.24, 2.45) is 5.92 Å². The molecule has 0 aromatic carbocycles. The first-order chi connectivity index (χ1) is 6.84. The molecule has 0 bridgehead atoms. The Balaban J connectivity index is 2.07. The van der Waals surface area contributed by atoms with Gasteiger partial charge in [-0.3, -0.25) is 4.79 Å². The van der Waals surface area contributed by atoms with Gasteiger partial charge >= 0.3 is 0 Å². The van der Waals surface area contributed by atoms with Crippen molar-refractivity contribution < 1.29 is 4.79 Å². The molecule has 0 radical (unpaired) electrons. The number of nitrogens with one attached hydrogen (secondary N) is 3. The number of amides is 1. The van der Waals surface area contributed by atoms with E-state index >= 15 is 0 Å². The van der Waals surface area contributed by atoms with E-state index in [-0.39, 0.29) is 11.8 Å². The fraction of sp³-hybridized carbons (Fsp3) is 0.900. The molecule has 1 aliphatic rings. The molecule has 0 aliphatic carbocycles. The molecule has 1 aliphatic heterocycles. The number of rotatable bonds is 5. The molecule has 0 atom stereocenters. The summed E-state index contributed by atoms with van der Waals surface area (Å²) in [4.78, 5) is 11.6. The summed E-state index contributed by atoms with van der Waals surface area (Å²) < 4.78 is 0. The van der Waals surface area contributed by atoms with Gasteiger partial charge in [0.1, 0.15) is 0 Å². The minimum Gasteiger partial charge on any atom is -0.356 e. The molecule has 1 heterocycles. The van der Waals surface area contributed by atoms with Crippen LogP contribution in [-0.2, 0) is 4.79 Å². The number of carbonyl (C=O) groups is 1. The first-order valence-electron chi connectivity index (χ1n) is 5.47. The molecule has 82 valence electrons. The van der Waals surface area contributed by atoms with Gasteiger partial charge in [0.05, 0.1) is 0 Å². The highest BCUT2D eigenvalue weighted by molar-refractivity contribution is 5.78. The van der Waals surface area contributed by atoms with Crippen LogP contribution in [0.15, 0.2) is 0 Å². The quantitative estimate of drug-likeness (QED) is 0.533. The number of hydrogen-bond acceptors (Lipinski definition) is 3. The van der Waals surface area contributed by atoms with Gasteiger partial charge in [-0.2, -0.15) is 0 Å². The van der Waals surface area contributed by atoms with Crippen LogP contribution in [0.25, 0.3) is 0 Å². The molecule has 0 aromatic heterocycles. The van der Waals surface area contributed by atoms with Gasteiger partial charge in [-0.05, 0) is 45.9 Å². The average molecular weight is 199 g/mol. The van der Waals surface area contributed by atoms with Gasteiger partial charge in [0.15, 0.2) is 0 Å². The third-order valence-corrected chi connectivity index (χ3v) is 2.61. The molecule has 0 spiro atoms. The van der Waals surface area contributed by atoms with E-state index in [4.69, 9.17) is 0 Å². The van der Waals surface area contributed by atoms with Crippen molar-refractivity contribution in [1.29, 1.82) is 0 Å². The van der Waals surface area contributed by atoms with Crippen LogP contribution < -0.4 is 16.0 Å². The van der Waals surface area contributed by atoms with Gasteiger partial charge in [0.2, 0.25) is 5.91 Å². The van der Waals surface area contributed by atoms with Crippen molar-refractivity contribution in [2.75, 3.05) is 33.2 Å². The van der Waals surface area contributed by atoms with Crippen LogP contribution in [0.4, 0.5) is 0 Å². The van der Waals surface area contributed by atoms with E-state index in [1.807, 2.05) is 7.05 Å². The van der Waals surface area contributed by atoms with Gasteiger partial charge in [-0.15, -0.1) is 0 Å². The summed E-state index contributed by atoms with van der Waals surface area (Å²) >= 11 is 0. The molecule has 14 heavy (non-hydrogen) atoms. The number of hydrogen-bond donors (Lipinski definition) is 3. The van der Waals surface area contributed by atoms with E-state index in [2.05, 4.69) is 16.0 Å². The molecular weight excluding hydrogens is 178 g/mol. The summed E-state index contributed by atoms with van der Waals surface area (Å²) in [6.07, 6.45) is 2.98. The van der Waals surface area contributed by atoms with Gasteiger partial charge in [0, 0.05) is 12.5 Å². The zero-order chi connectivity index (χ0) is 10.2. The smallest absolute Gasteiger partial charge is 0.223 e. The molecule has 1 rings (SSSR count). The summed E-state index contributed by atoms with van der Waals surface area (Å²) in [5, 5.41) is 9.30. The normalized spacial score (nSPS) is 18.1. The Hall–Kier alpha value is -0.610. The monoisotopic (exact) mass is 199 g/mol. The summed E-state index contributed by atoms with van der Waals surface area (Å²) in [6, 6.07) is 0. The number of piperidine rings is 1. The van der Waals surface area contributed by atoms with Crippen LogP contribution in [0.1, 0.15) is 19.3 Å². The van der Waals surface area contributed by atoms with Crippen molar-refractivity contribution in [3.8, 4) is 0 Å². The minimum absolute atomic E-state index is 0.239. The molecule has 0 unspecified atom stereocenters. The summed E-state index contributed by atoms with van der Waals surface area (Å²) in [5.41, 5.74) is 0. The fourth-order valence-electron chi connectivity index (χ4n) is 1.71. The second-order valence-corrected chi connectivity index (χ2v) is 3.77. The van der Waals surface area contributed by atoms with Crippen molar-refractivity contribution in [3.63, 3.8) is 0 Å². The van der Waals surface area contributed by atoms with Crippen LogP contribution in [-0.4, -0.2) is 39.1 Å². The fourth-order valence-corrected chi connectivity index (χ4v) is 1.71. The van der Waals surface area contributed by atoms with Crippen LogP contribution >= 0.6 is 0 Å². The Morgan fingerprint density at radius 2 is 2.07 bits per heavy atom. The predicted octanol–water partition coefficient (Wildman–Crippen LogP) is -0.288. The minimum atomic E-state index is 0.239. The molecular formula is C10H21N3O. The van der Waals surface area contributed by atoms with E-state index in [1.165, 1.54) is 0 Å². The van der Waals surface area contributed by atoms with Gasteiger partial charge in [0.25, 0.3) is 0 Å². The predicted molar refractivity (Wildman–Crippen MR) is 57.1 cm³/mol. The molecule has 3 N–H and O–H groups in total. The maximum absolute atomic E-state index is 11.6. The highest BCUT2D eigenvalue weighted by Gasteiger charge is 2.19. The average Bonchev–Trinajstić information content (AvgIpc) is 2.25. The standard InChI is InChI=1S/C10H21N3O/c1-11-5-2-6-13-10(14)9-3-7-12-8-4-9/h9,11-12H,2-8H2,1H3,(H,13,14). The van der Waals surface area contributed by atoms with Crippen LogP contribution in [0, 0.1) is 5.92 Å². The maximum atomic E-state index is 11.6. The largest absolute Gasteiger partial charge is 0.356 e.